The number of likely N-dealkylation sites (tertiary alicyclic amines) is 1. The van der Waals surface area contributed by atoms with Gasteiger partial charge in [-0.1, -0.05) is 81.4 Å². The summed E-state index contributed by atoms with van der Waals surface area (Å²) in [5.41, 5.74) is -0.447. The number of piperidine rings is 1. The Morgan fingerprint density at radius 3 is 2.12 bits per heavy atom. The van der Waals surface area contributed by atoms with E-state index in [0.29, 0.717) is 26.2 Å². The van der Waals surface area contributed by atoms with Gasteiger partial charge < -0.3 is 14.3 Å². The SMILES string of the molecule is CC(C)(C)[Si](O[C@H]1COC[C@@]1(C)N1CC[C@H](O)[C@H](F)C1)(c1ccccc1)c1ccccc1. The molecule has 2 aliphatic rings. The van der Waals surface area contributed by atoms with Crippen LogP contribution in [0.1, 0.15) is 34.1 Å². The molecule has 174 valence electrons. The van der Waals surface area contributed by atoms with Crippen LogP contribution in [0.5, 0.6) is 0 Å². The van der Waals surface area contributed by atoms with E-state index in [0.717, 1.165) is 0 Å². The summed E-state index contributed by atoms with van der Waals surface area (Å²) in [4.78, 5) is 2.14. The van der Waals surface area contributed by atoms with Gasteiger partial charge in [-0.25, -0.2) is 4.39 Å². The molecule has 0 bridgehead atoms. The monoisotopic (exact) mass is 457 g/mol. The Morgan fingerprint density at radius 2 is 1.62 bits per heavy atom. The molecule has 0 aromatic heterocycles. The van der Waals surface area contributed by atoms with Crippen LogP contribution in [0, 0.1) is 0 Å². The number of ether oxygens (including phenoxy) is 1. The van der Waals surface area contributed by atoms with Crippen molar-refractivity contribution in [2.24, 2.45) is 0 Å². The first-order chi connectivity index (χ1) is 15.2. The summed E-state index contributed by atoms with van der Waals surface area (Å²) in [6, 6.07) is 21.2. The Bertz CT molecular complexity index is 851. The molecule has 6 heteroatoms. The number of aliphatic hydroxyl groups is 1. The van der Waals surface area contributed by atoms with Crippen LogP contribution in [0.3, 0.4) is 0 Å². The van der Waals surface area contributed by atoms with Gasteiger partial charge in [-0.2, -0.15) is 0 Å². The number of nitrogens with zero attached hydrogens (tertiary/aromatic N) is 1. The zero-order valence-corrected chi connectivity index (χ0v) is 20.6. The van der Waals surface area contributed by atoms with Crippen molar-refractivity contribution in [2.75, 3.05) is 26.3 Å². The molecular formula is C26H36FNO3Si. The Labute approximate surface area is 192 Å². The van der Waals surface area contributed by atoms with Crippen molar-refractivity contribution in [2.45, 2.75) is 63.1 Å². The highest BCUT2D eigenvalue weighted by atomic mass is 28.4. The first kappa shape index (κ1) is 23.6. The molecule has 0 unspecified atom stereocenters. The molecule has 0 saturated carbocycles. The number of aliphatic hydroxyl groups excluding tert-OH is 1. The number of benzene rings is 2. The van der Waals surface area contributed by atoms with Gasteiger partial charge in [-0.05, 0) is 28.8 Å². The second-order valence-electron chi connectivity index (χ2n) is 10.5. The second-order valence-corrected chi connectivity index (χ2v) is 14.7. The number of alkyl halides is 1. The fraction of sp³-hybridized carbons (Fsp3) is 0.538. The lowest BCUT2D eigenvalue weighted by molar-refractivity contribution is -0.0565. The summed E-state index contributed by atoms with van der Waals surface area (Å²) < 4.78 is 27.8. The van der Waals surface area contributed by atoms with E-state index < -0.39 is 26.1 Å². The maximum absolute atomic E-state index is 14.5. The van der Waals surface area contributed by atoms with E-state index in [9.17, 15) is 9.50 Å². The average Bonchev–Trinajstić information content (AvgIpc) is 3.15. The van der Waals surface area contributed by atoms with Crippen LogP contribution in [0.2, 0.25) is 5.04 Å². The topological polar surface area (TPSA) is 41.9 Å². The molecule has 0 amide bonds. The van der Waals surface area contributed by atoms with E-state index in [1.165, 1.54) is 10.4 Å². The summed E-state index contributed by atoms with van der Waals surface area (Å²) in [6.07, 6.45) is -1.89. The van der Waals surface area contributed by atoms with Gasteiger partial charge >= 0.3 is 0 Å². The van der Waals surface area contributed by atoms with Crippen molar-refractivity contribution in [3.63, 3.8) is 0 Å². The normalized spacial score (nSPS) is 29.9. The van der Waals surface area contributed by atoms with Crippen molar-refractivity contribution >= 4 is 18.7 Å². The molecule has 32 heavy (non-hydrogen) atoms. The number of hydrogen-bond donors (Lipinski definition) is 1. The number of halogens is 1. The summed E-state index contributed by atoms with van der Waals surface area (Å²) in [5, 5.41) is 12.2. The Hall–Kier alpha value is -1.57. The molecule has 0 aliphatic carbocycles. The van der Waals surface area contributed by atoms with Gasteiger partial charge in [-0.15, -0.1) is 0 Å². The lowest BCUT2D eigenvalue weighted by atomic mass is 9.92. The molecule has 2 saturated heterocycles. The van der Waals surface area contributed by atoms with Crippen LogP contribution < -0.4 is 10.4 Å². The van der Waals surface area contributed by atoms with Gasteiger partial charge in [0.2, 0.25) is 0 Å². The number of hydrogen-bond acceptors (Lipinski definition) is 4. The van der Waals surface area contributed by atoms with Gasteiger partial charge in [0.05, 0.1) is 31.0 Å². The Balaban J connectivity index is 1.77. The molecule has 2 fully saturated rings. The van der Waals surface area contributed by atoms with Crippen LogP contribution in [0.15, 0.2) is 60.7 Å². The summed E-state index contributed by atoms with van der Waals surface area (Å²) >= 11 is 0. The third-order valence-corrected chi connectivity index (χ3v) is 12.4. The molecule has 2 heterocycles. The van der Waals surface area contributed by atoms with Gasteiger partial charge in [0.1, 0.15) is 6.17 Å². The standard InChI is InChI=1S/C26H36FNO3Si/c1-25(2,3)32(20-11-7-5-8-12-20,21-13-9-6-10-14-21)31-24-18-30-19-26(24,4)28-16-15-23(29)22(27)17-28/h5-14,22-24,29H,15-19H2,1-4H3/t22-,23+,24+,26-/m1/s1. The maximum Gasteiger partial charge on any atom is 0.261 e. The fourth-order valence-corrected chi connectivity index (χ4v) is 10.1. The van der Waals surface area contributed by atoms with Crippen LogP contribution in [-0.4, -0.2) is 68.5 Å². The van der Waals surface area contributed by atoms with Crippen molar-refractivity contribution in [3.8, 4) is 0 Å². The van der Waals surface area contributed by atoms with E-state index in [1.807, 2.05) is 12.1 Å². The van der Waals surface area contributed by atoms with Crippen LogP contribution in [0.25, 0.3) is 0 Å². The first-order valence-corrected chi connectivity index (χ1v) is 13.5. The zero-order chi connectivity index (χ0) is 23.0. The summed E-state index contributed by atoms with van der Waals surface area (Å²) in [7, 11) is -2.75. The van der Waals surface area contributed by atoms with E-state index in [-0.39, 0.29) is 17.7 Å². The molecule has 2 aromatic rings. The largest absolute Gasteiger partial charge is 0.400 e. The molecule has 0 spiro atoms. The minimum Gasteiger partial charge on any atom is -0.400 e. The summed E-state index contributed by atoms with van der Waals surface area (Å²) in [6.45, 7) is 10.8. The van der Waals surface area contributed by atoms with Crippen LogP contribution >= 0.6 is 0 Å². The third kappa shape index (κ3) is 4.08. The number of rotatable bonds is 5. The highest BCUT2D eigenvalue weighted by Gasteiger charge is 2.56. The first-order valence-electron chi connectivity index (χ1n) is 11.6. The highest BCUT2D eigenvalue weighted by molar-refractivity contribution is 6.99. The smallest absolute Gasteiger partial charge is 0.261 e. The van der Waals surface area contributed by atoms with Crippen LogP contribution in [-0.2, 0) is 9.16 Å². The van der Waals surface area contributed by atoms with Crippen molar-refractivity contribution in [1.29, 1.82) is 0 Å². The average molecular weight is 458 g/mol. The maximum atomic E-state index is 14.5. The van der Waals surface area contributed by atoms with E-state index in [1.54, 1.807) is 0 Å². The predicted molar refractivity (Wildman–Crippen MR) is 129 cm³/mol. The lowest BCUT2D eigenvalue weighted by Gasteiger charge is -2.50. The van der Waals surface area contributed by atoms with Crippen LogP contribution in [0.4, 0.5) is 4.39 Å². The van der Waals surface area contributed by atoms with Crippen molar-refractivity contribution in [1.82, 2.24) is 4.90 Å². The van der Waals surface area contributed by atoms with E-state index in [2.05, 4.69) is 81.1 Å². The molecule has 0 radical (unpaired) electrons. The third-order valence-electron chi connectivity index (χ3n) is 7.32. The second kappa shape index (κ2) is 8.99. The summed E-state index contributed by atoms with van der Waals surface area (Å²) in [5.74, 6) is 0. The van der Waals surface area contributed by atoms with Crippen molar-refractivity contribution in [3.05, 3.63) is 60.7 Å². The molecule has 4 atom stereocenters. The minimum atomic E-state index is -2.75. The van der Waals surface area contributed by atoms with Crippen molar-refractivity contribution < 1.29 is 18.7 Å². The van der Waals surface area contributed by atoms with Gasteiger partial charge in [0.15, 0.2) is 0 Å². The quantitative estimate of drug-likeness (QED) is 0.701. The lowest BCUT2D eigenvalue weighted by Crippen LogP contribution is -2.71. The molecular weight excluding hydrogens is 421 g/mol. The molecule has 4 nitrogen and oxygen atoms in total. The molecule has 2 aromatic carbocycles. The van der Waals surface area contributed by atoms with Gasteiger partial charge in [0, 0.05) is 13.1 Å². The van der Waals surface area contributed by atoms with E-state index in [4.69, 9.17) is 9.16 Å². The molecule has 4 rings (SSSR count). The zero-order valence-electron chi connectivity index (χ0n) is 19.6. The highest BCUT2D eigenvalue weighted by Crippen LogP contribution is 2.41. The minimum absolute atomic E-state index is 0.139. The molecule has 2 aliphatic heterocycles. The van der Waals surface area contributed by atoms with Gasteiger partial charge in [-0.3, -0.25) is 4.90 Å². The van der Waals surface area contributed by atoms with Gasteiger partial charge in [0.25, 0.3) is 8.32 Å². The fourth-order valence-electron chi connectivity index (χ4n) is 5.36. The molecule has 1 N–H and O–H groups in total. The predicted octanol–water partition coefficient (Wildman–Crippen LogP) is 3.13. The van der Waals surface area contributed by atoms with E-state index >= 15 is 0 Å². The Kier molecular flexibility index (Phi) is 6.63. The Morgan fingerprint density at radius 1 is 1.06 bits per heavy atom.